The number of halogens is 1. The Morgan fingerprint density at radius 3 is 2.74 bits per heavy atom. The lowest BCUT2D eigenvalue weighted by atomic mass is 10.1. The first-order valence-electron chi connectivity index (χ1n) is 5.59. The van der Waals surface area contributed by atoms with E-state index in [0.29, 0.717) is 27.6 Å². The second-order valence-corrected chi connectivity index (χ2v) is 4.53. The van der Waals surface area contributed by atoms with E-state index in [-0.39, 0.29) is 5.88 Å². The second kappa shape index (κ2) is 4.20. The molecule has 2 aromatic heterocycles. The van der Waals surface area contributed by atoms with Gasteiger partial charge in [0.25, 0.3) is 0 Å². The lowest BCUT2D eigenvalue weighted by Gasteiger charge is -2.06. The number of aromatic nitrogens is 1. The quantitative estimate of drug-likeness (QED) is 0.774. The minimum absolute atomic E-state index is 0.230. The summed E-state index contributed by atoms with van der Waals surface area (Å²) in [6.45, 7) is 1.85. The van der Waals surface area contributed by atoms with Gasteiger partial charge in [0.15, 0.2) is 11.3 Å². The molecule has 0 radical (unpaired) electrons. The predicted molar refractivity (Wildman–Crippen MR) is 72.4 cm³/mol. The third-order valence-electron chi connectivity index (χ3n) is 2.85. The fourth-order valence-corrected chi connectivity index (χ4v) is 2.31. The molecule has 0 saturated carbocycles. The monoisotopic (exact) mass is 278 g/mol. The van der Waals surface area contributed by atoms with E-state index in [1.807, 2.05) is 13.0 Å². The molecule has 0 aliphatic carbocycles. The summed E-state index contributed by atoms with van der Waals surface area (Å²) in [5.41, 5.74) is 7.39. The molecule has 0 spiro atoms. The van der Waals surface area contributed by atoms with Gasteiger partial charge in [0, 0.05) is 17.0 Å². The fraction of sp³-hybridized carbons (Fsp3) is 0.154. The maximum atomic E-state index is 6.39. The Morgan fingerprint density at radius 1 is 1.32 bits per heavy atom. The van der Waals surface area contributed by atoms with Crippen LogP contribution in [0.4, 0.5) is 5.88 Å². The highest BCUT2D eigenvalue weighted by atomic mass is 35.5. The highest BCUT2D eigenvalue weighted by molar-refractivity contribution is 6.38. The molecule has 0 aliphatic heterocycles. The van der Waals surface area contributed by atoms with Crippen molar-refractivity contribution >= 4 is 28.5 Å². The van der Waals surface area contributed by atoms with Crippen LogP contribution < -0.4 is 10.5 Å². The molecule has 2 N–H and O–H groups in total. The number of nitrogens with two attached hydrogens (primary N) is 1. The largest absolute Gasteiger partial charge is 0.493 e. The Hall–Kier alpha value is -2.14. The number of hydrogen-bond donors (Lipinski definition) is 1. The number of benzene rings is 1. The van der Waals surface area contributed by atoms with E-state index in [9.17, 15) is 0 Å². The summed E-state index contributed by atoms with van der Waals surface area (Å²) >= 11 is 6.39. The average Bonchev–Trinajstić information content (AvgIpc) is 2.96. The fourth-order valence-electron chi connectivity index (χ4n) is 2.02. The first kappa shape index (κ1) is 11.9. The summed E-state index contributed by atoms with van der Waals surface area (Å²) in [5, 5.41) is 5.17. The average molecular weight is 279 g/mol. The van der Waals surface area contributed by atoms with Crippen molar-refractivity contribution in [3.8, 4) is 17.0 Å². The van der Waals surface area contributed by atoms with Crippen molar-refractivity contribution < 1.29 is 13.7 Å². The van der Waals surface area contributed by atoms with Gasteiger partial charge in [-0.05, 0) is 19.1 Å². The van der Waals surface area contributed by atoms with Crippen molar-refractivity contribution in [1.29, 1.82) is 0 Å². The Balaban J connectivity index is 2.33. The molecule has 1 aromatic carbocycles. The van der Waals surface area contributed by atoms with E-state index >= 15 is 0 Å². The first-order valence-corrected chi connectivity index (χ1v) is 5.97. The van der Waals surface area contributed by atoms with E-state index in [1.165, 1.54) is 0 Å². The highest BCUT2D eigenvalue weighted by Gasteiger charge is 2.18. The number of furan rings is 1. The zero-order valence-electron chi connectivity index (χ0n) is 10.4. The zero-order chi connectivity index (χ0) is 13.6. The van der Waals surface area contributed by atoms with E-state index in [2.05, 4.69) is 5.16 Å². The topological polar surface area (TPSA) is 74.4 Å². The van der Waals surface area contributed by atoms with Gasteiger partial charge in [-0.1, -0.05) is 16.8 Å². The Bertz CT molecular complexity index is 761. The Kier molecular flexibility index (Phi) is 2.64. The van der Waals surface area contributed by atoms with Crippen molar-refractivity contribution in [2.24, 2.45) is 0 Å². The van der Waals surface area contributed by atoms with Gasteiger partial charge in [-0.25, -0.2) is 0 Å². The number of hydrogen-bond acceptors (Lipinski definition) is 5. The van der Waals surface area contributed by atoms with Gasteiger partial charge in [0.05, 0.1) is 12.1 Å². The molecule has 0 atom stereocenters. The third-order valence-corrected chi connectivity index (χ3v) is 3.26. The van der Waals surface area contributed by atoms with Crippen LogP contribution in [0.1, 0.15) is 5.76 Å². The van der Waals surface area contributed by atoms with Crippen LogP contribution in [-0.4, -0.2) is 12.3 Å². The molecule has 19 heavy (non-hydrogen) atoms. The molecule has 0 bridgehead atoms. The summed E-state index contributed by atoms with van der Waals surface area (Å²) in [5.74, 6) is 1.57. The number of nitrogens with zero attached hydrogens (tertiary/aromatic N) is 1. The molecule has 0 fully saturated rings. The van der Waals surface area contributed by atoms with Crippen LogP contribution in [0.15, 0.2) is 27.1 Å². The van der Waals surface area contributed by atoms with Crippen LogP contribution in [-0.2, 0) is 0 Å². The first-order chi connectivity index (χ1) is 9.10. The summed E-state index contributed by atoms with van der Waals surface area (Å²) in [6.07, 6.45) is 0. The highest BCUT2D eigenvalue weighted by Crippen LogP contribution is 2.41. The van der Waals surface area contributed by atoms with Gasteiger partial charge in [0.2, 0.25) is 5.88 Å². The molecule has 0 unspecified atom stereocenters. The van der Waals surface area contributed by atoms with E-state index < -0.39 is 0 Å². The number of ether oxygens (including phenoxy) is 1. The van der Waals surface area contributed by atoms with E-state index in [0.717, 1.165) is 11.1 Å². The molecular formula is C13H11ClN2O3. The van der Waals surface area contributed by atoms with Gasteiger partial charge in [-0.15, -0.1) is 0 Å². The van der Waals surface area contributed by atoms with Crippen LogP contribution in [0.5, 0.6) is 5.75 Å². The van der Waals surface area contributed by atoms with E-state index in [4.69, 9.17) is 31.0 Å². The van der Waals surface area contributed by atoms with Crippen LogP contribution in [0.2, 0.25) is 5.02 Å². The van der Waals surface area contributed by atoms with Crippen LogP contribution in [0.3, 0.4) is 0 Å². The minimum Gasteiger partial charge on any atom is -0.493 e. The van der Waals surface area contributed by atoms with Gasteiger partial charge in [-0.3, -0.25) is 0 Å². The number of fused-ring (bicyclic) bond motifs is 1. The van der Waals surface area contributed by atoms with Gasteiger partial charge in [0.1, 0.15) is 11.5 Å². The summed E-state index contributed by atoms with van der Waals surface area (Å²) < 4.78 is 15.8. The molecule has 6 heteroatoms. The molecule has 0 amide bonds. The van der Waals surface area contributed by atoms with E-state index in [1.54, 1.807) is 19.2 Å². The lowest BCUT2D eigenvalue weighted by molar-refractivity contribution is 0.409. The molecule has 2 heterocycles. The summed E-state index contributed by atoms with van der Waals surface area (Å²) in [7, 11) is 1.57. The number of nitrogen functional groups attached to an aromatic ring is 1. The molecule has 5 nitrogen and oxygen atoms in total. The smallest absolute Gasteiger partial charge is 0.222 e. The van der Waals surface area contributed by atoms with Gasteiger partial charge in [-0.2, -0.15) is 0 Å². The maximum Gasteiger partial charge on any atom is 0.222 e. The van der Waals surface area contributed by atoms with Crippen LogP contribution in [0, 0.1) is 6.92 Å². The van der Waals surface area contributed by atoms with Gasteiger partial charge >= 0.3 is 0 Å². The van der Waals surface area contributed by atoms with Crippen molar-refractivity contribution in [2.45, 2.75) is 6.92 Å². The number of methoxy groups -OCH3 is 1. The second-order valence-electron chi connectivity index (χ2n) is 4.15. The summed E-state index contributed by atoms with van der Waals surface area (Å²) in [4.78, 5) is 0. The van der Waals surface area contributed by atoms with Crippen molar-refractivity contribution in [1.82, 2.24) is 5.16 Å². The molecular weight excluding hydrogens is 268 g/mol. The molecule has 3 aromatic rings. The molecule has 0 saturated heterocycles. The van der Waals surface area contributed by atoms with Crippen molar-refractivity contribution in [3.05, 3.63) is 29.0 Å². The SMILES string of the molecule is COc1cc(-c2cc(N)on2)c(Cl)c2cc(C)oc12. The normalized spacial score (nSPS) is 11.1. The Morgan fingerprint density at radius 2 is 2.11 bits per heavy atom. The minimum atomic E-state index is 0.230. The third kappa shape index (κ3) is 1.82. The van der Waals surface area contributed by atoms with Crippen LogP contribution >= 0.6 is 11.6 Å². The number of aryl methyl sites for hydroxylation is 1. The summed E-state index contributed by atoms with van der Waals surface area (Å²) in [6, 6.07) is 5.22. The standard InChI is InChI=1S/C13H11ClN2O3/c1-6-3-8-12(14)7(9-5-11(15)19-16-9)4-10(17-2)13(8)18-6/h3-5H,15H2,1-2H3. The predicted octanol–water partition coefficient (Wildman–Crippen LogP) is 3.64. The molecule has 98 valence electrons. The number of anilines is 1. The van der Waals surface area contributed by atoms with Crippen LogP contribution in [0.25, 0.3) is 22.2 Å². The van der Waals surface area contributed by atoms with Gasteiger partial charge < -0.3 is 19.4 Å². The molecule has 3 rings (SSSR count). The zero-order valence-corrected chi connectivity index (χ0v) is 11.1. The number of rotatable bonds is 2. The Labute approximate surface area is 113 Å². The maximum absolute atomic E-state index is 6.39. The van der Waals surface area contributed by atoms with Crippen molar-refractivity contribution in [3.63, 3.8) is 0 Å². The molecule has 0 aliphatic rings. The lowest BCUT2D eigenvalue weighted by Crippen LogP contribution is -1.87. The van der Waals surface area contributed by atoms with Crippen molar-refractivity contribution in [2.75, 3.05) is 12.8 Å².